The molecule has 3 aromatic carbocycles. The number of hydrogen-bond donors (Lipinski definition) is 1. The van der Waals surface area contributed by atoms with Crippen molar-refractivity contribution >= 4 is 34.2 Å². The zero-order valence-corrected chi connectivity index (χ0v) is 18.5. The molecule has 166 valence electrons. The standard InChI is InChI=1S/C27H25N3O3/c1-19-11-13-20(14-12-19)26(31)28-24-22-9-5-6-10-23(22)33-25(24)27(32)30-17-15-29(16-18-30)21-7-3-2-4-8-21/h2-14H,15-18H2,1H3,(H,28,31). The van der Waals surface area contributed by atoms with Gasteiger partial charge in [-0.05, 0) is 43.3 Å². The highest BCUT2D eigenvalue weighted by Crippen LogP contribution is 2.32. The smallest absolute Gasteiger partial charge is 0.291 e. The molecule has 0 spiro atoms. The van der Waals surface area contributed by atoms with E-state index in [2.05, 4.69) is 22.3 Å². The van der Waals surface area contributed by atoms with E-state index in [1.807, 2.05) is 55.5 Å². The SMILES string of the molecule is Cc1ccc(C(=O)Nc2c(C(=O)N3CCN(c4ccccc4)CC3)oc3ccccc23)cc1. The first-order chi connectivity index (χ1) is 16.1. The fraction of sp³-hybridized carbons (Fsp3) is 0.185. The first kappa shape index (κ1) is 20.8. The average molecular weight is 440 g/mol. The largest absolute Gasteiger partial charge is 0.449 e. The van der Waals surface area contributed by atoms with Crippen LogP contribution in [0.5, 0.6) is 0 Å². The molecule has 5 rings (SSSR count). The molecule has 2 amide bonds. The van der Waals surface area contributed by atoms with Crippen LogP contribution in [-0.2, 0) is 0 Å². The Labute approximate surface area is 192 Å². The molecule has 1 N–H and O–H groups in total. The van der Waals surface area contributed by atoms with Crippen molar-refractivity contribution in [2.45, 2.75) is 6.92 Å². The van der Waals surface area contributed by atoms with Crippen LogP contribution in [0.25, 0.3) is 11.0 Å². The Morgan fingerprint density at radius 1 is 0.818 bits per heavy atom. The molecular weight excluding hydrogens is 414 g/mol. The van der Waals surface area contributed by atoms with Crippen molar-refractivity contribution in [3.8, 4) is 0 Å². The van der Waals surface area contributed by atoms with Crippen LogP contribution >= 0.6 is 0 Å². The molecule has 2 heterocycles. The van der Waals surface area contributed by atoms with Crippen molar-refractivity contribution in [3.63, 3.8) is 0 Å². The molecule has 0 atom stereocenters. The number of para-hydroxylation sites is 2. The van der Waals surface area contributed by atoms with E-state index in [0.717, 1.165) is 24.3 Å². The van der Waals surface area contributed by atoms with Gasteiger partial charge in [-0.2, -0.15) is 0 Å². The number of furan rings is 1. The van der Waals surface area contributed by atoms with Gasteiger partial charge in [0, 0.05) is 42.8 Å². The van der Waals surface area contributed by atoms with Gasteiger partial charge in [0.1, 0.15) is 11.3 Å². The summed E-state index contributed by atoms with van der Waals surface area (Å²) in [4.78, 5) is 30.4. The molecule has 0 saturated carbocycles. The van der Waals surface area contributed by atoms with Gasteiger partial charge in [0.25, 0.3) is 11.8 Å². The molecule has 6 nitrogen and oxygen atoms in total. The van der Waals surface area contributed by atoms with E-state index in [-0.39, 0.29) is 17.6 Å². The second kappa shape index (κ2) is 8.82. The van der Waals surface area contributed by atoms with Gasteiger partial charge in [0.15, 0.2) is 0 Å². The second-order valence-corrected chi connectivity index (χ2v) is 8.24. The van der Waals surface area contributed by atoms with Gasteiger partial charge < -0.3 is 19.5 Å². The zero-order chi connectivity index (χ0) is 22.8. The molecule has 1 aliphatic rings. The number of piperazine rings is 1. The zero-order valence-electron chi connectivity index (χ0n) is 18.5. The Morgan fingerprint density at radius 3 is 2.21 bits per heavy atom. The van der Waals surface area contributed by atoms with Crippen molar-refractivity contribution in [3.05, 3.63) is 95.7 Å². The van der Waals surface area contributed by atoms with Crippen molar-refractivity contribution in [1.82, 2.24) is 4.90 Å². The van der Waals surface area contributed by atoms with Crippen molar-refractivity contribution in [1.29, 1.82) is 0 Å². The van der Waals surface area contributed by atoms with Crippen molar-refractivity contribution in [2.75, 3.05) is 36.4 Å². The van der Waals surface area contributed by atoms with Crippen molar-refractivity contribution < 1.29 is 14.0 Å². The van der Waals surface area contributed by atoms with Crippen LogP contribution in [-0.4, -0.2) is 42.9 Å². The van der Waals surface area contributed by atoms with Gasteiger partial charge in [-0.25, -0.2) is 0 Å². The summed E-state index contributed by atoms with van der Waals surface area (Å²) >= 11 is 0. The maximum Gasteiger partial charge on any atom is 0.291 e. The third-order valence-electron chi connectivity index (χ3n) is 6.03. The predicted octanol–water partition coefficient (Wildman–Crippen LogP) is 4.96. The van der Waals surface area contributed by atoms with Gasteiger partial charge in [-0.1, -0.05) is 48.0 Å². The number of nitrogens with one attached hydrogen (secondary N) is 1. The third-order valence-corrected chi connectivity index (χ3v) is 6.03. The number of benzene rings is 3. The molecule has 4 aromatic rings. The summed E-state index contributed by atoms with van der Waals surface area (Å²) in [6.45, 7) is 4.61. The number of anilines is 2. The summed E-state index contributed by atoms with van der Waals surface area (Å²) in [5.41, 5.74) is 3.75. The van der Waals surface area contributed by atoms with E-state index < -0.39 is 0 Å². The second-order valence-electron chi connectivity index (χ2n) is 8.24. The molecule has 0 unspecified atom stereocenters. The summed E-state index contributed by atoms with van der Waals surface area (Å²) in [7, 11) is 0. The summed E-state index contributed by atoms with van der Waals surface area (Å²) in [5.74, 6) is -0.313. The van der Waals surface area contributed by atoms with Crippen LogP contribution in [0.2, 0.25) is 0 Å². The van der Waals surface area contributed by atoms with Gasteiger partial charge in [0.2, 0.25) is 5.76 Å². The quantitative estimate of drug-likeness (QED) is 0.488. The number of nitrogens with zero attached hydrogens (tertiary/aromatic N) is 2. The molecule has 1 aromatic heterocycles. The summed E-state index contributed by atoms with van der Waals surface area (Å²) < 4.78 is 5.96. The summed E-state index contributed by atoms with van der Waals surface area (Å²) in [5, 5.41) is 3.65. The predicted molar refractivity (Wildman–Crippen MR) is 130 cm³/mol. The van der Waals surface area contributed by atoms with Crippen LogP contribution in [0.15, 0.2) is 83.3 Å². The number of hydrogen-bond acceptors (Lipinski definition) is 4. The monoisotopic (exact) mass is 439 g/mol. The van der Waals surface area contributed by atoms with Crippen LogP contribution < -0.4 is 10.2 Å². The molecule has 0 bridgehead atoms. The van der Waals surface area contributed by atoms with E-state index in [1.54, 1.807) is 23.1 Å². The lowest BCUT2D eigenvalue weighted by molar-refractivity contribution is 0.0718. The van der Waals surface area contributed by atoms with Crippen LogP contribution in [0.3, 0.4) is 0 Å². The number of rotatable bonds is 4. The Hall–Kier alpha value is -4.06. The van der Waals surface area contributed by atoms with Crippen LogP contribution in [0, 0.1) is 6.92 Å². The Bertz CT molecular complexity index is 1290. The first-order valence-electron chi connectivity index (χ1n) is 11.1. The lowest BCUT2D eigenvalue weighted by Gasteiger charge is -2.35. The molecule has 0 radical (unpaired) electrons. The summed E-state index contributed by atoms with van der Waals surface area (Å²) in [6.07, 6.45) is 0. The maximum atomic E-state index is 13.5. The topological polar surface area (TPSA) is 65.8 Å². The summed E-state index contributed by atoms with van der Waals surface area (Å²) in [6, 6.07) is 24.9. The molecule has 0 aliphatic carbocycles. The van der Waals surface area contributed by atoms with Gasteiger partial charge >= 0.3 is 0 Å². The fourth-order valence-corrected chi connectivity index (χ4v) is 4.16. The highest BCUT2D eigenvalue weighted by molar-refractivity contribution is 6.14. The number of carbonyl (C=O) groups excluding carboxylic acids is 2. The molecule has 33 heavy (non-hydrogen) atoms. The minimum Gasteiger partial charge on any atom is -0.449 e. The molecule has 1 aliphatic heterocycles. The van der Waals surface area contributed by atoms with Gasteiger partial charge in [-0.3, -0.25) is 9.59 Å². The molecule has 1 saturated heterocycles. The van der Waals surface area contributed by atoms with Crippen LogP contribution in [0.4, 0.5) is 11.4 Å². The minimum atomic E-state index is -0.274. The molecular formula is C27H25N3O3. The lowest BCUT2D eigenvalue weighted by Crippen LogP contribution is -2.48. The Balaban J connectivity index is 1.39. The number of fused-ring (bicyclic) bond motifs is 1. The Kier molecular flexibility index (Phi) is 5.57. The molecule has 6 heteroatoms. The third kappa shape index (κ3) is 4.20. The van der Waals surface area contributed by atoms with E-state index in [1.165, 1.54) is 0 Å². The van der Waals surface area contributed by atoms with E-state index >= 15 is 0 Å². The fourth-order valence-electron chi connectivity index (χ4n) is 4.16. The van der Waals surface area contributed by atoms with Gasteiger partial charge in [-0.15, -0.1) is 0 Å². The highest BCUT2D eigenvalue weighted by atomic mass is 16.3. The van der Waals surface area contributed by atoms with E-state index in [4.69, 9.17) is 4.42 Å². The lowest BCUT2D eigenvalue weighted by atomic mass is 10.1. The minimum absolute atomic E-state index is 0.171. The first-order valence-corrected chi connectivity index (χ1v) is 11.1. The van der Waals surface area contributed by atoms with Crippen molar-refractivity contribution in [2.24, 2.45) is 0 Å². The van der Waals surface area contributed by atoms with E-state index in [0.29, 0.717) is 35.3 Å². The highest BCUT2D eigenvalue weighted by Gasteiger charge is 2.29. The normalized spacial score (nSPS) is 13.8. The number of amides is 2. The van der Waals surface area contributed by atoms with E-state index in [9.17, 15) is 9.59 Å². The maximum absolute atomic E-state index is 13.5. The van der Waals surface area contributed by atoms with Gasteiger partial charge in [0.05, 0.1) is 0 Å². The average Bonchev–Trinajstić information content (AvgIpc) is 3.23. The Morgan fingerprint density at radius 2 is 1.48 bits per heavy atom. The number of aryl methyl sites for hydroxylation is 1. The van der Waals surface area contributed by atoms with Crippen LogP contribution in [0.1, 0.15) is 26.5 Å². The molecule has 1 fully saturated rings. The number of carbonyl (C=O) groups is 2.